The molecule has 2 saturated heterocycles. The Hall–Kier alpha value is -1.12. The average Bonchev–Trinajstić information content (AvgIpc) is 3.22. The molecule has 0 amide bonds. The number of nitrogens with zero attached hydrogens (tertiary/aromatic N) is 1. The number of hydrogen-bond acceptors (Lipinski definition) is 2. The summed E-state index contributed by atoms with van der Waals surface area (Å²) in [6.07, 6.45) is 9.07. The molecule has 0 aromatic heterocycles. The fraction of sp³-hybridized carbons (Fsp3) is 0.619. The normalized spacial score (nSPS) is 31.2. The maximum atomic E-state index is 3.58. The van der Waals surface area contributed by atoms with Crippen molar-refractivity contribution in [1.29, 1.82) is 0 Å². The van der Waals surface area contributed by atoms with Crippen LogP contribution in [0.15, 0.2) is 30.3 Å². The van der Waals surface area contributed by atoms with Crippen LogP contribution in [0.4, 0.5) is 0 Å². The van der Waals surface area contributed by atoms with Gasteiger partial charge in [0.2, 0.25) is 0 Å². The van der Waals surface area contributed by atoms with E-state index in [1.165, 1.54) is 69.4 Å². The van der Waals surface area contributed by atoms with Crippen molar-refractivity contribution in [2.24, 2.45) is 11.8 Å². The van der Waals surface area contributed by atoms with Gasteiger partial charge in [0, 0.05) is 25.0 Å². The van der Waals surface area contributed by atoms with Crippen LogP contribution in [0.3, 0.4) is 0 Å². The summed E-state index contributed by atoms with van der Waals surface area (Å²) in [5, 5.41) is 3.58. The molecule has 2 nitrogen and oxygen atoms in total. The Labute approximate surface area is 141 Å². The second-order valence-electron chi connectivity index (χ2n) is 7.74. The highest BCUT2D eigenvalue weighted by molar-refractivity contribution is 5.69. The second-order valence-corrected chi connectivity index (χ2v) is 7.74. The summed E-state index contributed by atoms with van der Waals surface area (Å²) < 4.78 is 0. The molecule has 1 aliphatic carbocycles. The lowest BCUT2D eigenvalue weighted by Gasteiger charge is -2.26. The summed E-state index contributed by atoms with van der Waals surface area (Å²) in [6, 6.07) is 10.3. The molecule has 0 spiro atoms. The summed E-state index contributed by atoms with van der Waals surface area (Å²) in [4.78, 5) is 2.65. The summed E-state index contributed by atoms with van der Waals surface area (Å²) in [5.74, 6) is 1.62. The molecule has 0 unspecified atom stereocenters. The van der Waals surface area contributed by atoms with Gasteiger partial charge in [-0.25, -0.2) is 0 Å². The molecule has 23 heavy (non-hydrogen) atoms. The van der Waals surface area contributed by atoms with Crippen molar-refractivity contribution in [3.63, 3.8) is 0 Å². The van der Waals surface area contributed by atoms with Crippen LogP contribution in [0.2, 0.25) is 0 Å². The minimum atomic E-state index is 0.750. The predicted molar refractivity (Wildman–Crippen MR) is 97.5 cm³/mol. The zero-order valence-corrected chi connectivity index (χ0v) is 14.4. The van der Waals surface area contributed by atoms with Gasteiger partial charge in [0.25, 0.3) is 0 Å². The molecule has 2 heterocycles. The molecular weight excluding hydrogens is 280 g/mol. The number of allylic oxidation sites excluding steroid dienone is 1. The lowest BCUT2D eigenvalue weighted by atomic mass is 9.78. The quantitative estimate of drug-likeness (QED) is 0.911. The van der Waals surface area contributed by atoms with Crippen LogP contribution in [-0.2, 0) is 6.42 Å². The van der Waals surface area contributed by atoms with E-state index in [2.05, 4.69) is 47.5 Å². The van der Waals surface area contributed by atoms with E-state index in [9.17, 15) is 0 Å². The van der Waals surface area contributed by atoms with Crippen LogP contribution in [-0.4, -0.2) is 37.1 Å². The van der Waals surface area contributed by atoms with E-state index in [1.807, 2.05) is 0 Å². The van der Waals surface area contributed by atoms with E-state index in [1.54, 1.807) is 5.57 Å². The van der Waals surface area contributed by atoms with Gasteiger partial charge in [-0.05, 0) is 74.7 Å². The molecule has 0 radical (unpaired) electrons. The zero-order chi connectivity index (χ0) is 15.6. The van der Waals surface area contributed by atoms with Gasteiger partial charge in [-0.2, -0.15) is 0 Å². The molecule has 3 atom stereocenters. The van der Waals surface area contributed by atoms with E-state index in [4.69, 9.17) is 0 Å². The van der Waals surface area contributed by atoms with Gasteiger partial charge in [0.1, 0.15) is 0 Å². The lowest BCUT2D eigenvalue weighted by Crippen LogP contribution is -2.28. The van der Waals surface area contributed by atoms with Crippen molar-refractivity contribution in [1.82, 2.24) is 10.2 Å². The van der Waals surface area contributed by atoms with Crippen LogP contribution in [0.5, 0.6) is 0 Å². The number of likely N-dealkylation sites (tertiary alicyclic amines) is 1. The molecule has 1 aromatic carbocycles. The molecule has 2 heteroatoms. The van der Waals surface area contributed by atoms with Crippen molar-refractivity contribution in [3.8, 4) is 0 Å². The highest BCUT2D eigenvalue weighted by Gasteiger charge is 2.32. The first-order valence-electron chi connectivity index (χ1n) is 9.55. The Morgan fingerprint density at radius 2 is 2.00 bits per heavy atom. The van der Waals surface area contributed by atoms with Crippen molar-refractivity contribution in [3.05, 3.63) is 41.5 Å². The Morgan fingerprint density at radius 3 is 2.78 bits per heavy atom. The van der Waals surface area contributed by atoms with Gasteiger partial charge >= 0.3 is 0 Å². The van der Waals surface area contributed by atoms with Crippen molar-refractivity contribution < 1.29 is 0 Å². The van der Waals surface area contributed by atoms with E-state index >= 15 is 0 Å². The standard InChI is InChI=1S/C21H30N2/c1-16-4-3-12-23(16)13-11-17-7-9-18(10-8-17)20-6-2-5-19-14-22-15-21(19)20/h6-10,16,19,21-22H,2-5,11-15H2,1H3/t16-,19+,21-/m1/s1. The van der Waals surface area contributed by atoms with Gasteiger partial charge in [-0.15, -0.1) is 0 Å². The number of nitrogens with one attached hydrogen (secondary N) is 1. The average molecular weight is 310 g/mol. The van der Waals surface area contributed by atoms with Crippen LogP contribution in [0.1, 0.15) is 43.7 Å². The Balaban J connectivity index is 1.40. The molecule has 1 aromatic rings. The molecule has 0 bridgehead atoms. The van der Waals surface area contributed by atoms with Crippen LogP contribution >= 0.6 is 0 Å². The molecular formula is C21H30N2. The third kappa shape index (κ3) is 3.25. The van der Waals surface area contributed by atoms with Gasteiger partial charge in [-0.3, -0.25) is 0 Å². The predicted octanol–water partition coefficient (Wildman–Crippen LogP) is 3.73. The fourth-order valence-corrected chi connectivity index (χ4v) is 4.80. The first-order chi connectivity index (χ1) is 11.3. The van der Waals surface area contributed by atoms with E-state index in [-0.39, 0.29) is 0 Å². The van der Waals surface area contributed by atoms with E-state index in [0.717, 1.165) is 17.9 Å². The number of benzene rings is 1. The third-order valence-electron chi connectivity index (χ3n) is 6.31. The summed E-state index contributed by atoms with van der Waals surface area (Å²) in [6.45, 7) is 7.27. The highest BCUT2D eigenvalue weighted by atomic mass is 15.2. The monoisotopic (exact) mass is 310 g/mol. The minimum Gasteiger partial charge on any atom is -0.316 e. The molecule has 2 aliphatic heterocycles. The summed E-state index contributed by atoms with van der Waals surface area (Å²) >= 11 is 0. The van der Waals surface area contributed by atoms with E-state index in [0.29, 0.717) is 0 Å². The smallest absolute Gasteiger partial charge is 0.00675 e. The summed E-state index contributed by atoms with van der Waals surface area (Å²) in [5.41, 5.74) is 4.55. The topological polar surface area (TPSA) is 15.3 Å². The van der Waals surface area contributed by atoms with Gasteiger partial charge in [0.05, 0.1) is 0 Å². The van der Waals surface area contributed by atoms with Crippen LogP contribution in [0, 0.1) is 11.8 Å². The second kappa shape index (κ2) is 6.78. The van der Waals surface area contributed by atoms with Gasteiger partial charge in [-0.1, -0.05) is 30.3 Å². The SMILES string of the molecule is C[C@@H]1CCCN1CCc1ccc(C2=CCC[C@H]3CNC[C@@H]23)cc1. The molecule has 124 valence electrons. The first-order valence-corrected chi connectivity index (χ1v) is 9.55. The molecule has 0 saturated carbocycles. The Kier molecular flexibility index (Phi) is 4.54. The molecule has 4 rings (SSSR count). The van der Waals surface area contributed by atoms with Crippen molar-refractivity contribution in [2.75, 3.05) is 26.2 Å². The molecule has 1 N–H and O–H groups in total. The number of hydrogen-bond donors (Lipinski definition) is 1. The largest absolute Gasteiger partial charge is 0.316 e. The first kappa shape index (κ1) is 15.4. The van der Waals surface area contributed by atoms with Crippen molar-refractivity contribution >= 4 is 5.57 Å². The van der Waals surface area contributed by atoms with E-state index < -0.39 is 0 Å². The Morgan fingerprint density at radius 1 is 1.13 bits per heavy atom. The maximum Gasteiger partial charge on any atom is 0.00675 e. The lowest BCUT2D eigenvalue weighted by molar-refractivity contribution is 0.272. The molecule has 2 fully saturated rings. The minimum absolute atomic E-state index is 0.750. The maximum absolute atomic E-state index is 3.58. The van der Waals surface area contributed by atoms with Gasteiger partial charge in [0.15, 0.2) is 0 Å². The Bertz CT molecular complexity index is 560. The fourth-order valence-electron chi connectivity index (χ4n) is 4.80. The summed E-state index contributed by atoms with van der Waals surface area (Å²) in [7, 11) is 0. The molecule has 3 aliphatic rings. The third-order valence-corrected chi connectivity index (χ3v) is 6.31. The van der Waals surface area contributed by atoms with Gasteiger partial charge < -0.3 is 10.2 Å². The van der Waals surface area contributed by atoms with Crippen LogP contribution in [0.25, 0.3) is 5.57 Å². The van der Waals surface area contributed by atoms with Crippen molar-refractivity contribution in [2.45, 2.75) is 45.1 Å². The zero-order valence-electron chi connectivity index (χ0n) is 14.4. The number of fused-ring (bicyclic) bond motifs is 1. The van der Waals surface area contributed by atoms with Crippen LogP contribution < -0.4 is 5.32 Å². The highest BCUT2D eigenvalue weighted by Crippen LogP contribution is 2.38. The number of rotatable bonds is 4.